The maximum Gasteiger partial charge on any atom is 0.262 e. The molecule has 0 unspecified atom stereocenters. The minimum absolute atomic E-state index is 0.171. The number of methoxy groups -OCH3 is 1. The molecule has 9 heteroatoms. The van der Waals surface area contributed by atoms with E-state index in [2.05, 4.69) is 15.0 Å². The van der Waals surface area contributed by atoms with E-state index in [-0.39, 0.29) is 10.8 Å². The monoisotopic (exact) mass is 499 g/mol. The molecular weight excluding hydrogens is 470 g/mol. The largest absolute Gasteiger partial charge is 0.385 e. The van der Waals surface area contributed by atoms with Gasteiger partial charge in [-0.1, -0.05) is 17.8 Å². The molecule has 0 saturated carbocycles. The van der Waals surface area contributed by atoms with Crippen LogP contribution in [0.2, 0.25) is 0 Å². The van der Waals surface area contributed by atoms with Crippen molar-refractivity contribution in [3.63, 3.8) is 0 Å². The fraction of sp³-hybridized carbons (Fsp3) is 0.280. The first-order valence-electron chi connectivity index (χ1n) is 10.8. The van der Waals surface area contributed by atoms with Gasteiger partial charge in [0, 0.05) is 37.0 Å². The molecule has 0 aliphatic rings. The van der Waals surface area contributed by atoms with E-state index in [0.29, 0.717) is 30.0 Å². The number of aryl methyl sites for hydroxylation is 3. The van der Waals surface area contributed by atoms with Crippen LogP contribution < -0.4 is 10.0 Å². The van der Waals surface area contributed by atoms with E-state index in [1.807, 2.05) is 32.0 Å². The third-order valence-electron chi connectivity index (χ3n) is 5.22. The SMILES string of the molecule is COCCCNC(=O)c1ccc(Sc2ccc(NS(=O)(=O)c3cc(C)c(C)cc3C)cc2)nc1. The highest BCUT2D eigenvalue weighted by atomic mass is 32.2. The first-order chi connectivity index (χ1) is 16.2. The topological polar surface area (TPSA) is 97.4 Å². The summed E-state index contributed by atoms with van der Waals surface area (Å²) in [6.45, 7) is 6.80. The highest BCUT2D eigenvalue weighted by Crippen LogP contribution is 2.28. The molecule has 3 rings (SSSR count). The van der Waals surface area contributed by atoms with Gasteiger partial charge in [-0.25, -0.2) is 13.4 Å². The number of nitrogens with one attached hydrogen (secondary N) is 2. The molecule has 0 aliphatic heterocycles. The summed E-state index contributed by atoms with van der Waals surface area (Å²) in [4.78, 5) is 17.7. The Morgan fingerprint density at radius 1 is 1.00 bits per heavy atom. The van der Waals surface area contributed by atoms with Crippen molar-refractivity contribution in [3.8, 4) is 0 Å². The Morgan fingerprint density at radius 2 is 1.71 bits per heavy atom. The smallest absolute Gasteiger partial charge is 0.262 e. The highest BCUT2D eigenvalue weighted by Gasteiger charge is 2.18. The number of aromatic nitrogens is 1. The zero-order chi connectivity index (χ0) is 24.7. The van der Waals surface area contributed by atoms with E-state index in [1.165, 1.54) is 11.8 Å². The number of carbonyl (C=O) groups is 1. The summed E-state index contributed by atoms with van der Waals surface area (Å²) >= 11 is 1.42. The molecule has 0 fully saturated rings. The fourth-order valence-corrected chi connectivity index (χ4v) is 5.37. The second-order valence-electron chi connectivity index (χ2n) is 7.92. The Labute approximate surface area is 205 Å². The van der Waals surface area contributed by atoms with Crippen molar-refractivity contribution in [2.75, 3.05) is 25.0 Å². The van der Waals surface area contributed by atoms with Crippen LogP contribution in [0.1, 0.15) is 33.5 Å². The van der Waals surface area contributed by atoms with Gasteiger partial charge >= 0.3 is 0 Å². The molecule has 1 amide bonds. The minimum atomic E-state index is -3.69. The summed E-state index contributed by atoms with van der Waals surface area (Å²) in [6, 6.07) is 14.2. The van der Waals surface area contributed by atoms with Gasteiger partial charge in [0.2, 0.25) is 0 Å². The van der Waals surface area contributed by atoms with Gasteiger partial charge in [0.25, 0.3) is 15.9 Å². The molecule has 0 radical (unpaired) electrons. The number of ether oxygens (including phenoxy) is 1. The molecule has 0 bridgehead atoms. The third-order valence-corrected chi connectivity index (χ3v) is 7.70. The van der Waals surface area contributed by atoms with Crippen molar-refractivity contribution >= 4 is 33.4 Å². The Kier molecular flexibility index (Phi) is 8.71. The predicted molar refractivity (Wildman–Crippen MR) is 135 cm³/mol. The van der Waals surface area contributed by atoms with Crippen LogP contribution in [0.15, 0.2) is 69.5 Å². The maximum atomic E-state index is 12.9. The number of anilines is 1. The molecule has 2 N–H and O–H groups in total. The Balaban J connectivity index is 1.62. The molecule has 1 aromatic heterocycles. The van der Waals surface area contributed by atoms with Gasteiger partial charge in [0.05, 0.1) is 10.5 Å². The van der Waals surface area contributed by atoms with Crippen LogP contribution in [0.5, 0.6) is 0 Å². The van der Waals surface area contributed by atoms with Crippen LogP contribution in [-0.2, 0) is 14.8 Å². The van der Waals surface area contributed by atoms with Gasteiger partial charge < -0.3 is 10.1 Å². The number of carbonyl (C=O) groups excluding carboxylic acids is 1. The van der Waals surface area contributed by atoms with E-state index in [9.17, 15) is 13.2 Å². The van der Waals surface area contributed by atoms with Gasteiger partial charge in [-0.3, -0.25) is 9.52 Å². The average molecular weight is 500 g/mol. The van der Waals surface area contributed by atoms with Crippen LogP contribution in [0.3, 0.4) is 0 Å². The summed E-state index contributed by atoms with van der Waals surface area (Å²) in [6.07, 6.45) is 2.29. The number of sulfonamides is 1. The van der Waals surface area contributed by atoms with Gasteiger partial charge in [-0.05, 0) is 86.3 Å². The van der Waals surface area contributed by atoms with Crippen LogP contribution in [0, 0.1) is 20.8 Å². The number of amides is 1. The number of pyridine rings is 1. The lowest BCUT2D eigenvalue weighted by Crippen LogP contribution is -2.25. The summed E-state index contributed by atoms with van der Waals surface area (Å²) in [5.74, 6) is -0.171. The number of hydrogen-bond donors (Lipinski definition) is 2. The van der Waals surface area contributed by atoms with Crippen LogP contribution in [0.4, 0.5) is 5.69 Å². The summed E-state index contributed by atoms with van der Waals surface area (Å²) in [5.41, 5.74) is 3.67. The lowest BCUT2D eigenvalue weighted by atomic mass is 10.1. The molecule has 0 atom stereocenters. The minimum Gasteiger partial charge on any atom is -0.385 e. The van der Waals surface area contributed by atoms with Gasteiger partial charge in [-0.2, -0.15) is 0 Å². The molecule has 7 nitrogen and oxygen atoms in total. The van der Waals surface area contributed by atoms with Crippen molar-refractivity contribution in [3.05, 3.63) is 77.0 Å². The van der Waals surface area contributed by atoms with Crippen molar-refractivity contribution in [1.82, 2.24) is 10.3 Å². The van der Waals surface area contributed by atoms with Crippen LogP contribution >= 0.6 is 11.8 Å². The summed E-state index contributed by atoms with van der Waals surface area (Å²) in [7, 11) is -2.07. The Hall–Kier alpha value is -2.88. The number of benzene rings is 2. The van der Waals surface area contributed by atoms with E-state index in [0.717, 1.165) is 27.5 Å². The van der Waals surface area contributed by atoms with E-state index < -0.39 is 10.0 Å². The highest BCUT2D eigenvalue weighted by molar-refractivity contribution is 7.99. The standard InChI is InChI=1S/C25H29N3O4S2/c1-17-14-19(3)23(15-18(17)2)34(30,31)28-21-7-9-22(10-8-21)33-24-11-6-20(16-27-24)25(29)26-12-5-13-32-4/h6-11,14-16,28H,5,12-13H2,1-4H3,(H,26,29). The average Bonchev–Trinajstić information content (AvgIpc) is 2.80. The molecule has 0 saturated heterocycles. The quantitative estimate of drug-likeness (QED) is 0.392. The van der Waals surface area contributed by atoms with Crippen LogP contribution in [0.25, 0.3) is 0 Å². The van der Waals surface area contributed by atoms with Crippen molar-refractivity contribution in [1.29, 1.82) is 0 Å². The molecule has 3 aromatic rings. The Bertz CT molecular complexity index is 1240. The van der Waals surface area contributed by atoms with Gasteiger partial charge in [0.15, 0.2) is 0 Å². The third kappa shape index (κ3) is 6.82. The predicted octanol–water partition coefficient (Wildman–Crippen LogP) is 4.73. The number of hydrogen-bond acceptors (Lipinski definition) is 6. The maximum absolute atomic E-state index is 12.9. The van der Waals surface area contributed by atoms with Crippen LogP contribution in [-0.4, -0.2) is 39.6 Å². The summed E-state index contributed by atoms with van der Waals surface area (Å²) < 4.78 is 33.4. The first-order valence-corrected chi connectivity index (χ1v) is 13.1. The van der Waals surface area contributed by atoms with E-state index in [4.69, 9.17) is 4.74 Å². The summed E-state index contributed by atoms with van der Waals surface area (Å²) in [5, 5.41) is 3.56. The van der Waals surface area contributed by atoms with Crippen molar-refractivity contribution < 1.29 is 17.9 Å². The fourth-order valence-electron chi connectivity index (χ4n) is 3.24. The lowest BCUT2D eigenvalue weighted by Gasteiger charge is -2.13. The first kappa shape index (κ1) is 25.7. The molecule has 0 aliphatic carbocycles. The zero-order valence-corrected chi connectivity index (χ0v) is 21.3. The molecule has 0 spiro atoms. The Morgan fingerprint density at radius 3 is 2.35 bits per heavy atom. The number of rotatable bonds is 10. The second-order valence-corrected chi connectivity index (χ2v) is 10.7. The molecule has 1 heterocycles. The molecular formula is C25H29N3O4S2. The van der Waals surface area contributed by atoms with E-state index in [1.54, 1.807) is 50.6 Å². The molecule has 2 aromatic carbocycles. The lowest BCUT2D eigenvalue weighted by molar-refractivity contribution is 0.0948. The normalized spacial score (nSPS) is 11.3. The second kappa shape index (κ2) is 11.5. The van der Waals surface area contributed by atoms with E-state index >= 15 is 0 Å². The van der Waals surface area contributed by atoms with Gasteiger partial charge in [0.1, 0.15) is 5.03 Å². The van der Waals surface area contributed by atoms with Crippen molar-refractivity contribution in [2.24, 2.45) is 0 Å². The zero-order valence-electron chi connectivity index (χ0n) is 19.7. The van der Waals surface area contributed by atoms with Crippen molar-refractivity contribution in [2.45, 2.75) is 42.0 Å². The number of nitrogens with zero attached hydrogens (tertiary/aromatic N) is 1. The molecule has 34 heavy (non-hydrogen) atoms. The molecule has 180 valence electrons. The van der Waals surface area contributed by atoms with Gasteiger partial charge in [-0.15, -0.1) is 0 Å².